The molecule has 3 aromatic heterocycles. The predicted octanol–water partition coefficient (Wildman–Crippen LogP) is 2.48. The number of nitrogens with zero attached hydrogens (tertiary/aromatic N) is 3. The Kier molecular flexibility index (Phi) is 3.95. The van der Waals surface area contributed by atoms with Crippen molar-refractivity contribution < 1.29 is 4.79 Å². The summed E-state index contributed by atoms with van der Waals surface area (Å²) in [5, 5.41) is 6.29. The normalized spacial score (nSPS) is 15.8. The molecule has 1 aliphatic carbocycles. The lowest BCUT2D eigenvalue weighted by Crippen LogP contribution is -2.26. The highest BCUT2D eigenvalue weighted by atomic mass is 32.1. The lowest BCUT2D eigenvalue weighted by molar-refractivity contribution is -0.115. The highest BCUT2D eigenvalue weighted by Gasteiger charge is 2.28. The lowest BCUT2D eigenvalue weighted by Gasteiger charge is -2.28. The van der Waals surface area contributed by atoms with Gasteiger partial charge in [0.25, 0.3) is 5.56 Å². The lowest BCUT2D eigenvalue weighted by atomic mass is 9.79. The first-order valence-corrected chi connectivity index (χ1v) is 9.48. The van der Waals surface area contributed by atoms with Gasteiger partial charge < -0.3 is 5.32 Å². The average Bonchev–Trinajstić information content (AvgIpc) is 3.16. The van der Waals surface area contributed by atoms with Gasteiger partial charge in [-0.25, -0.2) is 14.5 Å². The van der Waals surface area contributed by atoms with Crippen molar-refractivity contribution in [2.75, 3.05) is 5.32 Å². The second kappa shape index (κ2) is 6.05. The summed E-state index contributed by atoms with van der Waals surface area (Å²) in [5.41, 5.74) is 2.65. The topological polar surface area (TPSA) is 92.2 Å². The summed E-state index contributed by atoms with van der Waals surface area (Å²) >= 11 is 1.54. The number of nitrogens with one attached hydrogen (secondary N) is 2. The number of aryl methyl sites for hydroxylation is 2. The number of aromatic nitrogens is 4. The quantitative estimate of drug-likeness (QED) is 0.740. The van der Waals surface area contributed by atoms with Crippen LogP contribution in [0, 0.1) is 12.3 Å². The zero-order valence-corrected chi connectivity index (χ0v) is 15.9. The molecule has 1 aliphatic rings. The summed E-state index contributed by atoms with van der Waals surface area (Å²) in [6.07, 6.45) is 4.67. The van der Waals surface area contributed by atoms with Gasteiger partial charge in [0, 0.05) is 28.4 Å². The molecule has 0 aromatic carbocycles. The number of amides is 1. The minimum absolute atomic E-state index is 0.0185. The third-order valence-electron chi connectivity index (χ3n) is 4.89. The highest BCUT2D eigenvalue weighted by Crippen LogP contribution is 2.38. The van der Waals surface area contributed by atoms with Gasteiger partial charge in [0.15, 0.2) is 10.8 Å². The number of carbonyl (C=O) groups is 1. The van der Waals surface area contributed by atoms with Crippen LogP contribution in [0.25, 0.3) is 5.65 Å². The third-order valence-corrected chi connectivity index (χ3v) is 5.90. The molecule has 7 nitrogen and oxygen atoms in total. The molecule has 26 heavy (non-hydrogen) atoms. The van der Waals surface area contributed by atoms with E-state index >= 15 is 0 Å². The van der Waals surface area contributed by atoms with Crippen molar-refractivity contribution in [2.24, 2.45) is 5.41 Å². The van der Waals surface area contributed by atoms with Crippen molar-refractivity contribution >= 4 is 28.0 Å². The second-order valence-corrected chi connectivity index (χ2v) is 8.68. The van der Waals surface area contributed by atoms with Gasteiger partial charge in [-0.15, -0.1) is 11.3 Å². The molecule has 0 radical (unpaired) electrons. The van der Waals surface area contributed by atoms with Gasteiger partial charge in [0.1, 0.15) is 0 Å². The summed E-state index contributed by atoms with van der Waals surface area (Å²) < 4.78 is 1.35. The Balaban J connectivity index is 1.54. The molecule has 2 N–H and O–H groups in total. The Morgan fingerprint density at radius 2 is 2.23 bits per heavy atom. The van der Waals surface area contributed by atoms with E-state index in [0.29, 0.717) is 22.0 Å². The van der Waals surface area contributed by atoms with E-state index in [4.69, 9.17) is 0 Å². The maximum absolute atomic E-state index is 12.5. The number of hydrogen-bond acceptors (Lipinski definition) is 5. The van der Waals surface area contributed by atoms with Gasteiger partial charge >= 0.3 is 0 Å². The monoisotopic (exact) mass is 371 g/mol. The number of rotatable bonds is 3. The molecule has 0 saturated carbocycles. The molecule has 8 heteroatoms. The molecular formula is C18H21N5O2S. The Bertz CT molecular complexity index is 1060. The van der Waals surface area contributed by atoms with Crippen molar-refractivity contribution in [2.45, 2.75) is 46.5 Å². The van der Waals surface area contributed by atoms with Crippen molar-refractivity contribution in [1.29, 1.82) is 0 Å². The van der Waals surface area contributed by atoms with Crippen molar-refractivity contribution in [1.82, 2.24) is 19.6 Å². The molecule has 0 atom stereocenters. The van der Waals surface area contributed by atoms with Crippen LogP contribution in [-0.2, 0) is 24.1 Å². The molecule has 136 valence electrons. The third kappa shape index (κ3) is 3.05. The van der Waals surface area contributed by atoms with Crippen LogP contribution in [-0.4, -0.2) is 25.5 Å². The molecule has 0 saturated heterocycles. The van der Waals surface area contributed by atoms with Crippen LogP contribution in [0.15, 0.2) is 17.1 Å². The molecule has 0 fully saturated rings. The molecule has 0 bridgehead atoms. The second-order valence-electron chi connectivity index (χ2n) is 7.59. The number of hydrogen-bond donors (Lipinski definition) is 2. The number of aromatic amines is 1. The molecule has 1 amide bonds. The number of fused-ring (bicyclic) bond motifs is 2. The zero-order chi connectivity index (χ0) is 18.5. The van der Waals surface area contributed by atoms with E-state index < -0.39 is 0 Å². The first kappa shape index (κ1) is 17.0. The minimum atomic E-state index is -0.246. The molecule has 3 heterocycles. The van der Waals surface area contributed by atoms with E-state index in [-0.39, 0.29) is 23.3 Å². The number of thiazole rings is 1. The Morgan fingerprint density at radius 3 is 3.04 bits per heavy atom. The first-order valence-electron chi connectivity index (χ1n) is 8.66. The summed E-state index contributed by atoms with van der Waals surface area (Å²) in [6, 6.07) is 1.72. The fourth-order valence-electron chi connectivity index (χ4n) is 3.38. The van der Waals surface area contributed by atoms with Crippen molar-refractivity contribution in [3.05, 3.63) is 44.4 Å². The van der Waals surface area contributed by atoms with Gasteiger partial charge in [-0.1, -0.05) is 13.8 Å². The van der Waals surface area contributed by atoms with Crippen LogP contribution in [0.1, 0.15) is 42.1 Å². The summed E-state index contributed by atoms with van der Waals surface area (Å²) in [6.45, 7) is 6.27. The maximum Gasteiger partial charge on any atom is 0.276 e. The smallest absolute Gasteiger partial charge is 0.276 e. The number of H-pyrrole nitrogens is 1. The van der Waals surface area contributed by atoms with Crippen LogP contribution in [0.5, 0.6) is 0 Å². The largest absolute Gasteiger partial charge is 0.302 e. The number of anilines is 1. The Labute approximate surface area is 154 Å². The van der Waals surface area contributed by atoms with Gasteiger partial charge in [0.2, 0.25) is 5.91 Å². The van der Waals surface area contributed by atoms with Crippen LogP contribution < -0.4 is 10.9 Å². The minimum Gasteiger partial charge on any atom is -0.302 e. The van der Waals surface area contributed by atoms with Gasteiger partial charge in [-0.05, 0) is 31.6 Å². The molecular weight excluding hydrogens is 350 g/mol. The van der Waals surface area contributed by atoms with E-state index in [9.17, 15) is 9.59 Å². The molecule has 0 unspecified atom stereocenters. The van der Waals surface area contributed by atoms with Gasteiger partial charge in [-0.3, -0.25) is 14.7 Å². The SMILES string of the molecule is Cc1nc2cc[nH]n2c(=O)c1CC(=O)Nc1nc2c(s1)CC(C)(C)CC2. The molecule has 3 aromatic rings. The van der Waals surface area contributed by atoms with E-state index in [0.717, 1.165) is 25.0 Å². The molecule has 4 rings (SSSR count). The van der Waals surface area contributed by atoms with E-state index in [1.807, 2.05) is 0 Å². The van der Waals surface area contributed by atoms with Gasteiger partial charge in [-0.2, -0.15) is 0 Å². The van der Waals surface area contributed by atoms with Crippen LogP contribution in [0.2, 0.25) is 0 Å². The first-order chi connectivity index (χ1) is 12.3. The summed E-state index contributed by atoms with van der Waals surface area (Å²) in [4.78, 5) is 35.2. The van der Waals surface area contributed by atoms with E-state index in [1.165, 1.54) is 9.39 Å². The van der Waals surface area contributed by atoms with Gasteiger partial charge in [0.05, 0.1) is 12.1 Å². The highest BCUT2D eigenvalue weighted by molar-refractivity contribution is 7.15. The standard InChI is InChI=1S/C18H21N5O2S/c1-10-11(16(25)23-14(20-10)5-7-19-23)8-15(24)22-17-21-12-4-6-18(2,3)9-13(12)26-17/h5,7,19H,4,6,8-9H2,1-3H3,(H,21,22,24). The summed E-state index contributed by atoms with van der Waals surface area (Å²) in [7, 11) is 0. The van der Waals surface area contributed by atoms with E-state index in [2.05, 4.69) is 34.2 Å². The summed E-state index contributed by atoms with van der Waals surface area (Å²) in [5.74, 6) is -0.246. The molecule has 0 aliphatic heterocycles. The van der Waals surface area contributed by atoms with Crippen molar-refractivity contribution in [3.63, 3.8) is 0 Å². The number of carbonyl (C=O) groups excluding carboxylic acids is 1. The van der Waals surface area contributed by atoms with Crippen LogP contribution >= 0.6 is 11.3 Å². The average molecular weight is 371 g/mol. The predicted molar refractivity (Wildman–Crippen MR) is 101 cm³/mol. The van der Waals surface area contributed by atoms with Crippen LogP contribution in [0.4, 0.5) is 5.13 Å². The van der Waals surface area contributed by atoms with E-state index in [1.54, 1.807) is 30.5 Å². The molecule has 0 spiro atoms. The van der Waals surface area contributed by atoms with Crippen molar-refractivity contribution in [3.8, 4) is 0 Å². The fraction of sp³-hybridized carbons (Fsp3) is 0.444. The Hall–Kier alpha value is -2.48. The maximum atomic E-state index is 12.5. The fourth-order valence-corrected chi connectivity index (χ4v) is 4.67. The van der Waals surface area contributed by atoms with Crippen LogP contribution in [0.3, 0.4) is 0 Å². The zero-order valence-electron chi connectivity index (χ0n) is 15.0. The Morgan fingerprint density at radius 1 is 1.42 bits per heavy atom.